The van der Waals surface area contributed by atoms with Gasteiger partial charge in [0, 0.05) is 10.6 Å². The highest BCUT2D eigenvalue weighted by Crippen LogP contribution is 2.28. The first-order chi connectivity index (χ1) is 9.61. The molecule has 1 rings (SSSR count). The van der Waals surface area contributed by atoms with E-state index in [0.717, 1.165) is 0 Å². The van der Waals surface area contributed by atoms with E-state index >= 15 is 0 Å². The summed E-state index contributed by atoms with van der Waals surface area (Å²) >= 11 is 6.14. The van der Waals surface area contributed by atoms with Crippen LogP contribution in [0.1, 0.15) is 39.3 Å². The summed E-state index contributed by atoms with van der Waals surface area (Å²) in [6, 6.07) is 6.25. The number of alkyl carbamates (subject to hydrolysis) is 1. The molecule has 1 atom stereocenters. The first-order valence-corrected chi connectivity index (χ1v) is 6.93. The Hall–Kier alpha value is -1.81. The van der Waals surface area contributed by atoms with Gasteiger partial charge in [0.15, 0.2) is 5.78 Å². The number of Topliss-reactive ketones (excluding diaryl/α,β-unsaturated/α-hetero) is 1. The summed E-state index contributed by atoms with van der Waals surface area (Å²) in [6.07, 6.45) is -0.630. The number of nitrogens with one attached hydrogen (secondary N) is 1. The molecule has 0 spiro atoms. The molecule has 114 valence electrons. The molecule has 0 fully saturated rings. The molecule has 0 saturated heterocycles. The third-order valence-electron chi connectivity index (χ3n) is 2.68. The largest absolute Gasteiger partial charge is 0.444 e. The van der Waals surface area contributed by atoms with Crippen LogP contribution in [0.4, 0.5) is 4.79 Å². The average molecular weight is 310 g/mol. The maximum Gasteiger partial charge on any atom is 0.408 e. The van der Waals surface area contributed by atoms with Crippen LogP contribution in [0.5, 0.6) is 0 Å². The van der Waals surface area contributed by atoms with Gasteiger partial charge >= 0.3 is 6.09 Å². The van der Waals surface area contributed by atoms with Crippen LogP contribution in [0, 0.1) is 0 Å². The minimum absolute atomic E-state index is 0.226. The van der Waals surface area contributed by atoms with Gasteiger partial charge in [0.25, 0.3) is 0 Å². The molecule has 5 heteroatoms. The predicted octanol–water partition coefficient (Wildman–Crippen LogP) is 4.05. The van der Waals surface area contributed by atoms with Crippen molar-refractivity contribution in [1.82, 2.24) is 5.32 Å². The van der Waals surface area contributed by atoms with Gasteiger partial charge in [-0.25, -0.2) is 4.79 Å². The van der Waals surface area contributed by atoms with E-state index in [0.29, 0.717) is 10.6 Å². The summed E-state index contributed by atoms with van der Waals surface area (Å²) in [6.45, 7) is 10.4. The zero-order valence-electron chi connectivity index (χ0n) is 12.7. The summed E-state index contributed by atoms with van der Waals surface area (Å²) in [5.74, 6) is -0.226. The second-order valence-electron chi connectivity index (χ2n) is 5.68. The SMILES string of the molecule is C=C(C(C)=O)[C@H](NC(=O)OC(C)(C)C)c1ccccc1Cl. The molecule has 0 saturated carbocycles. The van der Waals surface area contributed by atoms with Gasteiger partial charge in [-0.1, -0.05) is 36.4 Å². The molecule has 0 radical (unpaired) electrons. The van der Waals surface area contributed by atoms with Crippen LogP contribution in [0.3, 0.4) is 0 Å². The average Bonchev–Trinajstić information content (AvgIpc) is 2.34. The molecule has 0 aliphatic rings. The molecule has 1 amide bonds. The van der Waals surface area contributed by atoms with Crippen LogP contribution >= 0.6 is 11.6 Å². The van der Waals surface area contributed by atoms with Crippen molar-refractivity contribution < 1.29 is 14.3 Å². The number of ether oxygens (including phenoxy) is 1. The van der Waals surface area contributed by atoms with Gasteiger partial charge < -0.3 is 10.1 Å². The molecule has 1 aromatic carbocycles. The lowest BCUT2D eigenvalue weighted by Crippen LogP contribution is -2.36. The fourth-order valence-electron chi connectivity index (χ4n) is 1.69. The van der Waals surface area contributed by atoms with Crippen molar-refractivity contribution in [2.75, 3.05) is 0 Å². The highest BCUT2D eigenvalue weighted by atomic mass is 35.5. The van der Waals surface area contributed by atoms with Crippen LogP contribution in [0.25, 0.3) is 0 Å². The third kappa shape index (κ3) is 5.23. The quantitative estimate of drug-likeness (QED) is 0.854. The van der Waals surface area contributed by atoms with E-state index in [1.54, 1.807) is 45.0 Å². The smallest absolute Gasteiger partial charge is 0.408 e. The highest BCUT2D eigenvalue weighted by Gasteiger charge is 2.25. The Morgan fingerprint density at radius 3 is 2.33 bits per heavy atom. The molecule has 0 aliphatic carbocycles. The Labute approximate surface area is 130 Å². The fraction of sp³-hybridized carbons (Fsp3) is 0.375. The van der Waals surface area contributed by atoms with E-state index in [2.05, 4.69) is 11.9 Å². The van der Waals surface area contributed by atoms with E-state index in [1.807, 2.05) is 0 Å². The molecule has 1 aromatic rings. The minimum atomic E-state index is -0.717. The zero-order chi connectivity index (χ0) is 16.2. The Balaban J connectivity index is 3.05. The van der Waals surface area contributed by atoms with Crippen LogP contribution < -0.4 is 5.32 Å². The third-order valence-corrected chi connectivity index (χ3v) is 3.02. The lowest BCUT2D eigenvalue weighted by Gasteiger charge is -2.25. The molecule has 0 aliphatic heterocycles. The van der Waals surface area contributed by atoms with Crippen molar-refractivity contribution in [3.63, 3.8) is 0 Å². The molecule has 1 N–H and O–H groups in total. The van der Waals surface area contributed by atoms with E-state index in [9.17, 15) is 9.59 Å². The van der Waals surface area contributed by atoms with Crippen LogP contribution in [0.15, 0.2) is 36.4 Å². The van der Waals surface area contributed by atoms with Crippen molar-refractivity contribution in [2.24, 2.45) is 0 Å². The predicted molar refractivity (Wildman–Crippen MR) is 83.4 cm³/mol. The van der Waals surface area contributed by atoms with Gasteiger partial charge in [-0.15, -0.1) is 0 Å². The minimum Gasteiger partial charge on any atom is -0.444 e. The molecular weight excluding hydrogens is 290 g/mol. The molecule has 0 aromatic heterocycles. The van der Waals surface area contributed by atoms with Crippen molar-refractivity contribution in [3.8, 4) is 0 Å². The number of benzene rings is 1. The lowest BCUT2D eigenvalue weighted by atomic mass is 9.97. The molecular formula is C16H20ClNO3. The lowest BCUT2D eigenvalue weighted by molar-refractivity contribution is -0.113. The number of ketones is 1. The van der Waals surface area contributed by atoms with Gasteiger partial charge in [-0.05, 0) is 39.3 Å². The second-order valence-corrected chi connectivity index (χ2v) is 6.09. The Morgan fingerprint density at radius 2 is 1.86 bits per heavy atom. The molecule has 0 bridgehead atoms. The summed E-state index contributed by atoms with van der Waals surface area (Å²) in [5, 5.41) is 3.09. The van der Waals surface area contributed by atoms with Crippen LogP contribution in [-0.4, -0.2) is 17.5 Å². The van der Waals surface area contributed by atoms with Crippen LogP contribution in [0.2, 0.25) is 5.02 Å². The Kier molecular flexibility index (Phi) is 5.55. The Morgan fingerprint density at radius 1 is 1.29 bits per heavy atom. The topological polar surface area (TPSA) is 55.4 Å². The van der Waals surface area contributed by atoms with E-state index in [-0.39, 0.29) is 11.4 Å². The summed E-state index contributed by atoms with van der Waals surface area (Å²) in [4.78, 5) is 23.6. The highest BCUT2D eigenvalue weighted by molar-refractivity contribution is 6.31. The van der Waals surface area contributed by atoms with Gasteiger partial charge in [-0.3, -0.25) is 4.79 Å². The van der Waals surface area contributed by atoms with E-state index in [1.165, 1.54) is 6.92 Å². The Bertz CT molecular complexity index is 561. The first-order valence-electron chi connectivity index (χ1n) is 6.55. The maximum absolute atomic E-state index is 12.0. The molecule has 21 heavy (non-hydrogen) atoms. The van der Waals surface area contributed by atoms with E-state index < -0.39 is 17.7 Å². The molecule has 0 heterocycles. The zero-order valence-corrected chi connectivity index (χ0v) is 13.5. The summed E-state index contributed by atoms with van der Waals surface area (Å²) in [5.41, 5.74) is 0.214. The molecule has 4 nitrogen and oxygen atoms in total. The normalized spacial score (nSPS) is 12.4. The number of rotatable bonds is 4. The van der Waals surface area contributed by atoms with Crippen molar-refractivity contribution in [1.29, 1.82) is 0 Å². The van der Waals surface area contributed by atoms with Gasteiger partial charge in [0.1, 0.15) is 5.60 Å². The van der Waals surface area contributed by atoms with E-state index in [4.69, 9.17) is 16.3 Å². The van der Waals surface area contributed by atoms with Gasteiger partial charge in [-0.2, -0.15) is 0 Å². The van der Waals surface area contributed by atoms with Crippen molar-refractivity contribution in [3.05, 3.63) is 47.0 Å². The molecule has 0 unspecified atom stereocenters. The number of carbonyl (C=O) groups is 2. The standard InChI is InChI=1S/C16H20ClNO3/c1-10(11(2)19)14(12-8-6-7-9-13(12)17)18-15(20)21-16(3,4)5/h6-9,14H,1H2,2-5H3,(H,18,20)/t14-/m0/s1. The second kappa shape index (κ2) is 6.76. The summed E-state index contributed by atoms with van der Waals surface area (Å²) < 4.78 is 5.21. The van der Waals surface area contributed by atoms with Crippen molar-refractivity contribution >= 4 is 23.5 Å². The fourth-order valence-corrected chi connectivity index (χ4v) is 1.94. The first kappa shape index (κ1) is 17.2. The van der Waals surface area contributed by atoms with Crippen molar-refractivity contribution in [2.45, 2.75) is 39.3 Å². The number of amides is 1. The van der Waals surface area contributed by atoms with Crippen LogP contribution in [-0.2, 0) is 9.53 Å². The number of carbonyl (C=O) groups excluding carboxylic acids is 2. The monoisotopic (exact) mass is 309 g/mol. The van der Waals surface area contributed by atoms with Gasteiger partial charge in [0.05, 0.1) is 6.04 Å². The van der Waals surface area contributed by atoms with Gasteiger partial charge in [0.2, 0.25) is 0 Å². The number of hydrogen-bond acceptors (Lipinski definition) is 3. The maximum atomic E-state index is 12.0. The number of hydrogen-bond donors (Lipinski definition) is 1. The summed E-state index contributed by atoms with van der Waals surface area (Å²) in [7, 11) is 0. The number of halogens is 1.